The van der Waals surface area contributed by atoms with Gasteiger partial charge in [-0.1, -0.05) is 30.7 Å². The van der Waals surface area contributed by atoms with Crippen molar-refractivity contribution in [2.45, 2.75) is 25.3 Å². The molecule has 1 fully saturated rings. The van der Waals surface area contributed by atoms with Crippen molar-refractivity contribution >= 4 is 22.5 Å². The van der Waals surface area contributed by atoms with Crippen LogP contribution in [0.15, 0.2) is 42.5 Å². The molecule has 146 valence electrons. The second-order valence-corrected chi connectivity index (χ2v) is 7.27. The van der Waals surface area contributed by atoms with Gasteiger partial charge in [0.05, 0.1) is 17.7 Å². The van der Waals surface area contributed by atoms with E-state index in [0.717, 1.165) is 36.6 Å². The molecule has 1 aromatic heterocycles. The fourth-order valence-corrected chi connectivity index (χ4v) is 3.80. The first-order valence-electron chi connectivity index (χ1n) is 9.58. The summed E-state index contributed by atoms with van der Waals surface area (Å²) in [5.74, 6) is 0.284. The zero-order chi connectivity index (χ0) is 20.4. The Balaban J connectivity index is 1.73. The largest absolute Gasteiger partial charge is 0.507 e. The van der Waals surface area contributed by atoms with E-state index in [1.165, 1.54) is 6.07 Å². The van der Waals surface area contributed by atoms with Gasteiger partial charge in [-0.15, -0.1) is 10.2 Å². The van der Waals surface area contributed by atoms with Gasteiger partial charge in [0, 0.05) is 16.3 Å². The molecule has 0 spiro atoms. The quantitative estimate of drug-likeness (QED) is 0.715. The lowest BCUT2D eigenvalue weighted by molar-refractivity contribution is -0.121. The van der Waals surface area contributed by atoms with Crippen molar-refractivity contribution in [2.24, 2.45) is 0 Å². The number of aromatic nitrogens is 2. The third-order valence-corrected chi connectivity index (χ3v) is 5.38. The molecular formula is C22H21N5O2. The molecule has 0 saturated carbocycles. The van der Waals surface area contributed by atoms with Gasteiger partial charge in [0.25, 0.3) is 0 Å². The second kappa shape index (κ2) is 7.86. The van der Waals surface area contributed by atoms with Crippen LogP contribution in [-0.4, -0.2) is 45.7 Å². The molecule has 0 radical (unpaired) electrons. The standard InChI is InChI=1S/C22H21N5O2/c1-27-11-5-4-8-18(27)22(29)24-21-16-7-3-2-6-15(16)20(25-26-21)17-10-9-14(13-23)12-19(17)28/h2-3,6-7,9-10,12,18,28H,4-5,8,11H2,1H3,(H,24,26,29)/t18-/m0/s1. The molecule has 0 aliphatic carbocycles. The predicted octanol–water partition coefficient (Wildman–Crippen LogP) is 3.30. The maximum absolute atomic E-state index is 12.8. The number of aromatic hydroxyl groups is 1. The Hall–Kier alpha value is -3.50. The summed E-state index contributed by atoms with van der Waals surface area (Å²) in [5, 5.41) is 32.3. The van der Waals surface area contributed by atoms with Crippen LogP contribution >= 0.6 is 0 Å². The molecule has 2 aromatic carbocycles. The number of phenolic OH excluding ortho intramolecular Hbond substituents is 1. The van der Waals surface area contributed by atoms with Gasteiger partial charge in [-0.25, -0.2) is 0 Å². The van der Waals surface area contributed by atoms with E-state index in [9.17, 15) is 9.90 Å². The van der Waals surface area contributed by atoms with Crippen LogP contribution in [-0.2, 0) is 4.79 Å². The minimum absolute atomic E-state index is 0.0379. The van der Waals surface area contributed by atoms with Gasteiger partial charge >= 0.3 is 0 Å². The minimum atomic E-state index is -0.174. The molecule has 0 bridgehead atoms. The summed E-state index contributed by atoms with van der Waals surface area (Å²) in [4.78, 5) is 14.9. The number of carbonyl (C=O) groups excluding carboxylic acids is 1. The maximum atomic E-state index is 12.8. The van der Waals surface area contributed by atoms with Crippen LogP contribution in [0.1, 0.15) is 24.8 Å². The molecule has 1 atom stereocenters. The summed E-state index contributed by atoms with van der Waals surface area (Å²) < 4.78 is 0. The molecule has 3 aromatic rings. The Morgan fingerprint density at radius 2 is 2.00 bits per heavy atom. The van der Waals surface area contributed by atoms with E-state index in [0.29, 0.717) is 22.6 Å². The average molecular weight is 387 g/mol. The number of fused-ring (bicyclic) bond motifs is 1. The summed E-state index contributed by atoms with van der Waals surface area (Å²) >= 11 is 0. The summed E-state index contributed by atoms with van der Waals surface area (Å²) in [6.07, 6.45) is 2.96. The van der Waals surface area contributed by atoms with Gasteiger partial charge in [-0.2, -0.15) is 5.26 Å². The highest BCUT2D eigenvalue weighted by molar-refractivity contribution is 6.06. The SMILES string of the molecule is CN1CCCC[C@H]1C(=O)Nc1nnc(-c2ccc(C#N)cc2O)c2ccccc12. The molecule has 1 aliphatic rings. The van der Waals surface area contributed by atoms with Gasteiger partial charge < -0.3 is 10.4 Å². The Labute approximate surface area is 168 Å². The summed E-state index contributed by atoms with van der Waals surface area (Å²) in [6.45, 7) is 0.904. The van der Waals surface area contributed by atoms with Crippen LogP contribution in [0, 0.1) is 11.3 Å². The van der Waals surface area contributed by atoms with Crippen LogP contribution in [0.4, 0.5) is 5.82 Å². The zero-order valence-electron chi connectivity index (χ0n) is 16.1. The Morgan fingerprint density at radius 1 is 1.21 bits per heavy atom. The number of nitriles is 1. The number of hydrogen-bond acceptors (Lipinski definition) is 6. The van der Waals surface area contributed by atoms with Gasteiger partial charge in [-0.05, 0) is 44.6 Å². The lowest BCUT2D eigenvalue weighted by Crippen LogP contribution is -2.44. The number of anilines is 1. The number of likely N-dealkylation sites (tertiary alicyclic amines) is 1. The van der Waals surface area contributed by atoms with E-state index >= 15 is 0 Å². The number of amides is 1. The Morgan fingerprint density at radius 3 is 2.72 bits per heavy atom. The highest BCUT2D eigenvalue weighted by atomic mass is 16.3. The van der Waals surface area contributed by atoms with Crippen LogP contribution < -0.4 is 5.32 Å². The van der Waals surface area contributed by atoms with E-state index in [-0.39, 0.29) is 17.7 Å². The van der Waals surface area contributed by atoms with Crippen LogP contribution in [0.3, 0.4) is 0 Å². The summed E-state index contributed by atoms with van der Waals surface area (Å²) in [6, 6.07) is 14.0. The number of carbonyl (C=O) groups is 1. The number of rotatable bonds is 3. The highest BCUT2D eigenvalue weighted by Gasteiger charge is 2.27. The molecule has 1 saturated heterocycles. The number of phenols is 1. The van der Waals surface area contributed by atoms with Crippen molar-refractivity contribution in [3.63, 3.8) is 0 Å². The van der Waals surface area contributed by atoms with Gasteiger partial charge in [0.1, 0.15) is 11.4 Å². The van der Waals surface area contributed by atoms with E-state index in [1.807, 2.05) is 37.4 Å². The number of nitrogens with one attached hydrogen (secondary N) is 1. The molecule has 1 aliphatic heterocycles. The fraction of sp³-hybridized carbons (Fsp3) is 0.273. The van der Waals surface area contributed by atoms with E-state index in [4.69, 9.17) is 5.26 Å². The number of benzene rings is 2. The number of piperidine rings is 1. The van der Waals surface area contributed by atoms with Gasteiger partial charge in [0.2, 0.25) is 5.91 Å². The Kier molecular flexibility index (Phi) is 5.10. The first-order valence-corrected chi connectivity index (χ1v) is 9.58. The van der Waals surface area contributed by atoms with Crippen molar-refractivity contribution in [1.29, 1.82) is 5.26 Å². The van der Waals surface area contributed by atoms with Crippen LogP contribution in [0.2, 0.25) is 0 Å². The Bertz CT molecular complexity index is 1120. The van der Waals surface area contributed by atoms with Crippen molar-refractivity contribution in [1.82, 2.24) is 15.1 Å². The summed E-state index contributed by atoms with van der Waals surface area (Å²) in [5.41, 5.74) is 1.34. The third-order valence-electron chi connectivity index (χ3n) is 5.38. The normalized spacial score (nSPS) is 17.0. The smallest absolute Gasteiger partial charge is 0.242 e. The second-order valence-electron chi connectivity index (χ2n) is 7.27. The fourth-order valence-electron chi connectivity index (χ4n) is 3.80. The minimum Gasteiger partial charge on any atom is -0.507 e. The van der Waals surface area contributed by atoms with E-state index in [2.05, 4.69) is 20.4 Å². The lowest BCUT2D eigenvalue weighted by Gasteiger charge is -2.31. The molecule has 29 heavy (non-hydrogen) atoms. The first-order chi connectivity index (χ1) is 14.1. The van der Waals surface area contributed by atoms with Crippen LogP contribution in [0.25, 0.3) is 22.0 Å². The molecule has 7 heteroatoms. The molecule has 4 rings (SSSR count). The third kappa shape index (κ3) is 3.62. The van der Waals surface area contributed by atoms with Crippen molar-refractivity contribution < 1.29 is 9.90 Å². The van der Waals surface area contributed by atoms with Crippen molar-refractivity contribution in [2.75, 3.05) is 18.9 Å². The zero-order valence-corrected chi connectivity index (χ0v) is 16.1. The average Bonchev–Trinajstić information content (AvgIpc) is 2.74. The number of nitrogens with zero attached hydrogens (tertiary/aromatic N) is 4. The molecule has 7 nitrogen and oxygen atoms in total. The molecule has 2 heterocycles. The van der Waals surface area contributed by atoms with E-state index in [1.54, 1.807) is 12.1 Å². The summed E-state index contributed by atoms with van der Waals surface area (Å²) in [7, 11) is 1.96. The van der Waals surface area contributed by atoms with Crippen molar-refractivity contribution in [3.05, 3.63) is 48.0 Å². The van der Waals surface area contributed by atoms with Gasteiger partial charge in [0.15, 0.2) is 5.82 Å². The monoisotopic (exact) mass is 387 g/mol. The van der Waals surface area contributed by atoms with Crippen LogP contribution in [0.5, 0.6) is 5.75 Å². The van der Waals surface area contributed by atoms with Gasteiger partial charge in [-0.3, -0.25) is 9.69 Å². The topological polar surface area (TPSA) is 102 Å². The van der Waals surface area contributed by atoms with E-state index < -0.39 is 0 Å². The molecule has 1 amide bonds. The predicted molar refractivity (Wildman–Crippen MR) is 110 cm³/mol. The number of hydrogen-bond donors (Lipinski definition) is 2. The molecule has 0 unspecified atom stereocenters. The lowest BCUT2D eigenvalue weighted by atomic mass is 10.0. The molecular weight excluding hydrogens is 366 g/mol. The first kappa shape index (κ1) is 18.8. The maximum Gasteiger partial charge on any atom is 0.242 e. The van der Waals surface area contributed by atoms with Crippen molar-refractivity contribution in [3.8, 4) is 23.1 Å². The highest BCUT2D eigenvalue weighted by Crippen LogP contribution is 2.35. The number of likely N-dealkylation sites (N-methyl/N-ethyl adjacent to an activating group) is 1. The molecule has 2 N–H and O–H groups in total.